The van der Waals surface area contributed by atoms with Crippen LogP contribution in [0.15, 0.2) is 12.1 Å². The van der Waals surface area contributed by atoms with Crippen LogP contribution in [-0.2, 0) is 10.7 Å². The zero-order chi connectivity index (χ0) is 14.0. The highest BCUT2D eigenvalue weighted by molar-refractivity contribution is 6.31. The minimum Gasteiger partial charge on any atom is -0.486 e. The fourth-order valence-corrected chi connectivity index (χ4v) is 2.03. The number of ether oxygens (including phenoxy) is 2. The summed E-state index contributed by atoms with van der Waals surface area (Å²) in [5, 5.41) is 8.31. The molecule has 1 heterocycles. The van der Waals surface area contributed by atoms with Crippen LogP contribution in [0.2, 0.25) is 5.02 Å². The molecule has 104 valence electrons. The third-order valence-electron chi connectivity index (χ3n) is 2.68. The smallest absolute Gasteiger partial charge is 0.303 e. The van der Waals surface area contributed by atoms with E-state index in [1.807, 2.05) is 0 Å². The molecule has 0 fully saturated rings. The molecule has 0 spiro atoms. The lowest BCUT2D eigenvalue weighted by Gasteiger charge is -2.23. The highest BCUT2D eigenvalue weighted by Crippen LogP contribution is 2.43. The lowest BCUT2D eigenvalue weighted by atomic mass is 10.0. The van der Waals surface area contributed by atoms with Crippen LogP contribution in [0.1, 0.15) is 18.4 Å². The molecule has 0 aliphatic carbocycles. The third kappa shape index (κ3) is 3.07. The highest BCUT2D eigenvalue weighted by Gasteiger charge is 2.35. The molecule has 0 amide bonds. The van der Waals surface area contributed by atoms with Gasteiger partial charge in [0.2, 0.25) is 0 Å². The first kappa shape index (κ1) is 13.9. The summed E-state index contributed by atoms with van der Waals surface area (Å²) >= 11 is 5.80. The molecule has 1 aromatic rings. The van der Waals surface area contributed by atoms with E-state index in [9.17, 15) is 13.6 Å². The first-order chi connectivity index (χ1) is 8.90. The monoisotopic (exact) mass is 292 g/mol. The number of hydrogen-bond acceptors (Lipinski definition) is 3. The summed E-state index contributed by atoms with van der Waals surface area (Å²) in [6, 6.07) is 2.37. The van der Waals surface area contributed by atoms with Crippen molar-refractivity contribution in [1.29, 1.82) is 0 Å². The molecule has 1 aliphatic rings. The number of carboxylic acids is 1. The molecular weight excluding hydrogens is 282 g/mol. The third-order valence-corrected chi connectivity index (χ3v) is 2.99. The Labute approximate surface area is 112 Å². The van der Waals surface area contributed by atoms with Gasteiger partial charge in [-0.1, -0.05) is 11.6 Å². The number of fused-ring (bicyclic) bond motifs is 1. The predicted molar refractivity (Wildman–Crippen MR) is 63.2 cm³/mol. The van der Waals surface area contributed by atoms with Crippen LogP contribution in [0.5, 0.6) is 11.5 Å². The van der Waals surface area contributed by atoms with Gasteiger partial charge in [-0.25, -0.2) is 8.78 Å². The maximum Gasteiger partial charge on any atom is 0.303 e. The topological polar surface area (TPSA) is 55.8 Å². The number of hydrogen-bond donors (Lipinski definition) is 1. The molecule has 0 unspecified atom stereocenters. The number of carbonyl (C=O) groups is 1. The Kier molecular flexibility index (Phi) is 3.80. The van der Waals surface area contributed by atoms with Crippen LogP contribution in [0.25, 0.3) is 0 Å². The fourth-order valence-electron chi connectivity index (χ4n) is 1.74. The molecular formula is C12H11ClF2O4. The van der Waals surface area contributed by atoms with Crippen molar-refractivity contribution in [3.8, 4) is 11.5 Å². The summed E-state index contributed by atoms with van der Waals surface area (Å²) in [6.45, 7) is 0.604. The average molecular weight is 293 g/mol. The molecule has 1 aliphatic heterocycles. The Morgan fingerprint density at radius 3 is 2.47 bits per heavy atom. The molecule has 4 nitrogen and oxygen atoms in total. The van der Waals surface area contributed by atoms with Crippen molar-refractivity contribution in [2.75, 3.05) is 13.2 Å². The van der Waals surface area contributed by atoms with Gasteiger partial charge in [-0.05, 0) is 6.07 Å². The number of halogens is 3. The van der Waals surface area contributed by atoms with Crippen LogP contribution < -0.4 is 9.47 Å². The summed E-state index contributed by atoms with van der Waals surface area (Å²) in [5.74, 6) is -4.10. The van der Waals surface area contributed by atoms with Gasteiger partial charge in [-0.3, -0.25) is 4.79 Å². The van der Waals surface area contributed by atoms with Crippen LogP contribution in [0.3, 0.4) is 0 Å². The van der Waals surface area contributed by atoms with E-state index in [-0.39, 0.29) is 17.4 Å². The van der Waals surface area contributed by atoms with Crippen LogP contribution >= 0.6 is 11.6 Å². The van der Waals surface area contributed by atoms with Crippen molar-refractivity contribution < 1.29 is 28.2 Å². The summed E-state index contributed by atoms with van der Waals surface area (Å²) < 4.78 is 38.2. The van der Waals surface area contributed by atoms with E-state index in [0.29, 0.717) is 12.4 Å². The molecule has 2 rings (SSSR count). The summed E-state index contributed by atoms with van der Waals surface area (Å²) in [7, 11) is 0. The van der Waals surface area contributed by atoms with E-state index in [1.165, 1.54) is 6.07 Å². The number of benzene rings is 1. The Balaban J connectivity index is 2.30. The quantitative estimate of drug-likeness (QED) is 0.926. The van der Waals surface area contributed by atoms with Gasteiger partial charge in [-0.15, -0.1) is 0 Å². The highest BCUT2D eigenvalue weighted by atomic mass is 35.5. The van der Waals surface area contributed by atoms with E-state index in [1.54, 1.807) is 0 Å². The molecule has 19 heavy (non-hydrogen) atoms. The zero-order valence-electron chi connectivity index (χ0n) is 9.79. The minimum atomic E-state index is -3.33. The number of rotatable bonds is 4. The van der Waals surface area contributed by atoms with E-state index in [2.05, 4.69) is 0 Å². The zero-order valence-corrected chi connectivity index (χ0v) is 10.5. The van der Waals surface area contributed by atoms with Gasteiger partial charge in [0.05, 0.1) is 11.4 Å². The average Bonchev–Trinajstić information content (AvgIpc) is 2.35. The fraction of sp³-hybridized carbons (Fsp3) is 0.417. The van der Waals surface area contributed by atoms with Crippen LogP contribution in [0, 0.1) is 0 Å². The van der Waals surface area contributed by atoms with Crippen molar-refractivity contribution in [3.63, 3.8) is 0 Å². The lowest BCUT2D eigenvalue weighted by Crippen LogP contribution is -2.19. The maximum absolute atomic E-state index is 13.9. The van der Waals surface area contributed by atoms with Crippen molar-refractivity contribution in [2.45, 2.75) is 18.8 Å². The second kappa shape index (κ2) is 5.21. The molecule has 0 saturated heterocycles. The lowest BCUT2D eigenvalue weighted by molar-refractivity contribution is -0.139. The Bertz CT molecular complexity index is 505. The maximum atomic E-state index is 13.9. The van der Waals surface area contributed by atoms with E-state index >= 15 is 0 Å². The van der Waals surface area contributed by atoms with Gasteiger partial charge in [0.25, 0.3) is 5.92 Å². The number of carboxylic acid groups (broad SMARTS) is 1. The molecule has 0 aromatic heterocycles. The van der Waals surface area contributed by atoms with Gasteiger partial charge in [0, 0.05) is 18.1 Å². The van der Waals surface area contributed by atoms with Crippen LogP contribution in [-0.4, -0.2) is 24.3 Å². The SMILES string of the molecule is O=C(O)CCC(F)(F)c1cc2c(cc1Cl)OCCO2. The van der Waals surface area contributed by atoms with E-state index in [0.717, 1.165) is 6.07 Å². The Hall–Kier alpha value is -1.56. The Morgan fingerprint density at radius 2 is 1.89 bits per heavy atom. The summed E-state index contributed by atoms with van der Waals surface area (Å²) in [6.07, 6.45) is -1.46. The minimum absolute atomic E-state index is 0.167. The van der Waals surface area contributed by atoms with Gasteiger partial charge < -0.3 is 14.6 Å². The summed E-state index contributed by atoms with van der Waals surface area (Å²) in [5.41, 5.74) is -0.445. The Morgan fingerprint density at radius 1 is 1.32 bits per heavy atom. The molecule has 0 radical (unpaired) electrons. The molecule has 0 bridgehead atoms. The summed E-state index contributed by atoms with van der Waals surface area (Å²) in [4.78, 5) is 10.4. The van der Waals surface area contributed by atoms with Crippen molar-refractivity contribution in [1.82, 2.24) is 0 Å². The standard InChI is InChI=1S/C12H11ClF2O4/c13-8-6-10-9(18-3-4-19-10)5-7(8)12(14,15)2-1-11(16)17/h5-6H,1-4H2,(H,16,17). The number of alkyl halides is 2. The largest absolute Gasteiger partial charge is 0.486 e. The molecule has 1 aromatic carbocycles. The second-order valence-electron chi connectivity index (χ2n) is 4.07. The molecule has 7 heteroatoms. The molecule has 0 atom stereocenters. The normalized spacial score (nSPS) is 14.3. The predicted octanol–water partition coefficient (Wildman–Crippen LogP) is 3.07. The van der Waals surface area contributed by atoms with E-state index < -0.39 is 30.3 Å². The van der Waals surface area contributed by atoms with Gasteiger partial charge in [0.1, 0.15) is 13.2 Å². The van der Waals surface area contributed by atoms with E-state index in [4.69, 9.17) is 26.2 Å². The van der Waals surface area contributed by atoms with Crippen molar-refractivity contribution >= 4 is 17.6 Å². The van der Waals surface area contributed by atoms with Crippen molar-refractivity contribution in [2.24, 2.45) is 0 Å². The van der Waals surface area contributed by atoms with Crippen molar-refractivity contribution in [3.05, 3.63) is 22.7 Å². The molecule has 1 N–H and O–H groups in total. The van der Waals surface area contributed by atoms with Gasteiger partial charge >= 0.3 is 5.97 Å². The number of aliphatic carboxylic acids is 1. The first-order valence-corrected chi connectivity index (χ1v) is 5.97. The van der Waals surface area contributed by atoms with Gasteiger partial charge in [0.15, 0.2) is 11.5 Å². The first-order valence-electron chi connectivity index (χ1n) is 5.59. The van der Waals surface area contributed by atoms with Crippen LogP contribution in [0.4, 0.5) is 8.78 Å². The molecule has 0 saturated carbocycles. The second-order valence-corrected chi connectivity index (χ2v) is 4.48. The van der Waals surface area contributed by atoms with Gasteiger partial charge in [-0.2, -0.15) is 0 Å².